The second-order valence-corrected chi connectivity index (χ2v) is 3.46. The fourth-order valence-corrected chi connectivity index (χ4v) is 1.72. The number of hydrazone groups is 1. The van der Waals surface area contributed by atoms with E-state index in [1.165, 1.54) is 0 Å². The van der Waals surface area contributed by atoms with Gasteiger partial charge in [0.05, 0.1) is 23.1 Å². The highest BCUT2D eigenvalue weighted by Crippen LogP contribution is 2.21. The van der Waals surface area contributed by atoms with E-state index >= 15 is 0 Å². The number of hydrogen-bond donors (Lipinski definition) is 2. The topological polar surface area (TPSA) is 53.1 Å². The Hall–Kier alpha value is -2.36. The molecular formula is C12H10N4. The number of aromatic nitrogens is 2. The SMILES string of the molecule is C1=CC=C(c2cccc3[nH]cnc23)NN=C1. The summed E-state index contributed by atoms with van der Waals surface area (Å²) in [5.41, 5.74) is 6.96. The Morgan fingerprint density at radius 3 is 3.12 bits per heavy atom. The molecule has 0 unspecified atom stereocenters. The maximum Gasteiger partial charge on any atom is 0.0976 e. The molecule has 1 aliphatic rings. The van der Waals surface area contributed by atoms with Crippen LogP contribution in [-0.4, -0.2) is 16.2 Å². The number of H-pyrrole nitrogens is 1. The summed E-state index contributed by atoms with van der Waals surface area (Å²) in [5, 5.41) is 4.05. The molecule has 2 heterocycles. The second-order valence-electron chi connectivity index (χ2n) is 3.46. The van der Waals surface area contributed by atoms with Gasteiger partial charge in [-0.25, -0.2) is 4.98 Å². The Kier molecular flexibility index (Phi) is 2.04. The van der Waals surface area contributed by atoms with Crippen LogP contribution in [0.25, 0.3) is 16.7 Å². The van der Waals surface area contributed by atoms with Crippen molar-refractivity contribution in [3.05, 3.63) is 48.3 Å². The third kappa shape index (κ3) is 1.40. The van der Waals surface area contributed by atoms with E-state index in [-0.39, 0.29) is 0 Å². The molecule has 3 rings (SSSR count). The smallest absolute Gasteiger partial charge is 0.0976 e. The van der Waals surface area contributed by atoms with Gasteiger partial charge in [-0.1, -0.05) is 18.2 Å². The Morgan fingerprint density at radius 1 is 1.12 bits per heavy atom. The van der Waals surface area contributed by atoms with Crippen molar-refractivity contribution in [3.63, 3.8) is 0 Å². The van der Waals surface area contributed by atoms with Crippen molar-refractivity contribution in [1.29, 1.82) is 0 Å². The number of imidazole rings is 1. The predicted molar refractivity (Wildman–Crippen MR) is 64.8 cm³/mol. The molecule has 0 bridgehead atoms. The molecule has 2 N–H and O–H groups in total. The first-order valence-electron chi connectivity index (χ1n) is 5.03. The van der Waals surface area contributed by atoms with Gasteiger partial charge in [-0.15, -0.1) is 0 Å². The summed E-state index contributed by atoms with van der Waals surface area (Å²) in [6, 6.07) is 6.02. The van der Waals surface area contributed by atoms with Gasteiger partial charge >= 0.3 is 0 Å². The molecule has 4 nitrogen and oxygen atoms in total. The Morgan fingerprint density at radius 2 is 2.12 bits per heavy atom. The number of aromatic amines is 1. The molecule has 0 fully saturated rings. The van der Waals surface area contributed by atoms with Gasteiger partial charge in [0.15, 0.2) is 0 Å². The molecular weight excluding hydrogens is 200 g/mol. The molecule has 1 aromatic heterocycles. The lowest BCUT2D eigenvalue weighted by atomic mass is 10.1. The minimum Gasteiger partial charge on any atom is -0.345 e. The van der Waals surface area contributed by atoms with Crippen molar-refractivity contribution in [2.75, 3.05) is 0 Å². The number of rotatable bonds is 1. The van der Waals surface area contributed by atoms with Gasteiger partial charge in [-0.2, -0.15) is 5.10 Å². The van der Waals surface area contributed by atoms with E-state index in [4.69, 9.17) is 0 Å². The summed E-state index contributed by atoms with van der Waals surface area (Å²) in [5.74, 6) is 0. The monoisotopic (exact) mass is 210 g/mol. The molecule has 0 amide bonds. The van der Waals surface area contributed by atoms with Gasteiger partial charge in [0.25, 0.3) is 0 Å². The molecule has 1 aliphatic heterocycles. The number of nitrogens with zero attached hydrogens (tertiary/aromatic N) is 2. The fraction of sp³-hybridized carbons (Fsp3) is 0. The minimum absolute atomic E-state index is 0.947. The molecule has 0 spiro atoms. The molecule has 0 radical (unpaired) electrons. The summed E-state index contributed by atoms with van der Waals surface area (Å²) in [6.07, 6.45) is 9.23. The Balaban J connectivity index is 2.18. The highest BCUT2D eigenvalue weighted by Gasteiger charge is 2.07. The number of para-hydroxylation sites is 1. The minimum atomic E-state index is 0.947. The molecule has 0 atom stereocenters. The summed E-state index contributed by atoms with van der Waals surface area (Å²) in [7, 11) is 0. The predicted octanol–water partition coefficient (Wildman–Crippen LogP) is 2.05. The van der Waals surface area contributed by atoms with Crippen molar-refractivity contribution >= 4 is 22.9 Å². The van der Waals surface area contributed by atoms with Crippen LogP contribution >= 0.6 is 0 Å². The lowest BCUT2D eigenvalue weighted by Gasteiger charge is -2.05. The normalized spacial score (nSPS) is 14.6. The molecule has 0 saturated heterocycles. The van der Waals surface area contributed by atoms with Crippen LogP contribution in [0.2, 0.25) is 0 Å². The van der Waals surface area contributed by atoms with Gasteiger partial charge in [-0.3, -0.25) is 5.43 Å². The zero-order valence-electron chi connectivity index (χ0n) is 8.51. The molecule has 2 aromatic rings. The van der Waals surface area contributed by atoms with Crippen LogP contribution < -0.4 is 5.43 Å². The molecule has 0 aliphatic carbocycles. The number of hydrogen-bond acceptors (Lipinski definition) is 3. The lowest BCUT2D eigenvalue weighted by molar-refractivity contribution is 1.00. The fourth-order valence-electron chi connectivity index (χ4n) is 1.72. The van der Waals surface area contributed by atoms with E-state index in [2.05, 4.69) is 20.5 Å². The van der Waals surface area contributed by atoms with Crippen molar-refractivity contribution in [3.8, 4) is 0 Å². The summed E-state index contributed by atoms with van der Waals surface area (Å²) >= 11 is 0. The van der Waals surface area contributed by atoms with Crippen LogP contribution in [0.1, 0.15) is 5.56 Å². The van der Waals surface area contributed by atoms with Crippen LogP contribution in [0.15, 0.2) is 47.9 Å². The van der Waals surface area contributed by atoms with Crippen molar-refractivity contribution in [2.24, 2.45) is 5.10 Å². The first kappa shape index (κ1) is 8.91. The molecule has 0 saturated carbocycles. The van der Waals surface area contributed by atoms with E-state index in [9.17, 15) is 0 Å². The molecule has 4 heteroatoms. The average Bonchev–Trinajstić information content (AvgIpc) is 2.63. The van der Waals surface area contributed by atoms with Gasteiger partial charge in [0, 0.05) is 11.8 Å². The maximum absolute atomic E-state index is 4.31. The van der Waals surface area contributed by atoms with Crippen LogP contribution in [0.5, 0.6) is 0 Å². The van der Waals surface area contributed by atoms with Gasteiger partial charge in [0.2, 0.25) is 0 Å². The third-order valence-corrected chi connectivity index (χ3v) is 2.46. The Bertz CT molecular complexity index is 604. The quantitative estimate of drug-likeness (QED) is 0.756. The van der Waals surface area contributed by atoms with Gasteiger partial charge < -0.3 is 4.98 Å². The number of benzene rings is 1. The molecule has 1 aromatic carbocycles. The van der Waals surface area contributed by atoms with Crippen LogP contribution in [0, 0.1) is 0 Å². The highest BCUT2D eigenvalue weighted by atomic mass is 15.3. The average molecular weight is 210 g/mol. The standard InChI is InChI=1S/C12H10N4/c1-2-7-15-16-10(5-1)9-4-3-6-11-12(9)14-8-13-11/h1-8,16H,(H,13,14). The zero-order chi connectivity index (χ0) is 10.8. The summed E-state index contributed by atoms with van der Waals surface area (Å²) in [4.78, 5) is 7.40. The number of nitrogens with one attached hydrogen (secondary N) is 2. The first-order valence-corrected chi connectivity index (χ1v) is 5.03. The van der Waals surface area contributed by atoms with E-state index in [0.717, 1.165) is 22.3 Å². The molecule has 78 valence electrons. The maximum atomic E-state index is 4.31. The summed E-state index contributed by atoms with van der Waals surface area (Å²) < 4.78 is 0. The van der Waals surface area contributed by atoms with Crippen LogP contribution in [0.3, 0.4) is 0 Å². The second kappa shape index (κ2) is 3.66. The van der Waals surface area contributed by atoms with E-state index < -0.39 is 0 Å². The number of fused-ring (bicyclic) bond motifs is 1. The zero-order valence-corrected chi connectivity index (χ0v) is 8.51. The van der Waals surface area contributed by atoms with Crippen molar-refractivity contribution < 1.29 is 0 Å². The van der Waals surface area contributed by atoms with Gasteiger partial charge in [0.1, 0.15) is 0 Å². The first-order chi connectivity index (χ1) is 7.95. The Labute approximate surface area is 92.4 Å². The van der Waals surface area contributed by atoms with Crippen LogP contribution in [-0.2, 0) is 0 Å². The van der Waals surface area contributed by atoms with Crippen LogP contribution in [0.4, 0.5) is 0 Å². The molecule has 16 heavy (non-hydrogen) atoms. The van der Waals surface area contributed by atoms with Gasteiger partial charge in [-0.05, 0) is 18.2 Å². The van der Waals surface area contributed by atoms with E-state index in [1.807, 2.05) is 36.4 Å². The third-order valence-electron chi connectivity index (χ3n) is 2.46. The summed E-state index contributed by atoms with van der Waals surface area (Å²) in [6.45, 7) is 0. The van der Waals surface area contributed by atoms with Crippen molar-refractivity contribution in [2.45, 2.75) is 0 Å². The highest BCUT2D eigenvalue weighted by molar-refractivity contribution is 5.89. The number of allylic oxidation sites excluding steroid dienone is 3. The largest absolute Gasteiger partial charge is 0.345 e. The van der Waals surface area contributed by atoms with Crippen molar-refractivity contribution in [1.82, 2.24) is 15.4 Å². The van der Waals surface area contributed by atoms with E-state index in [1.54, 1.807) is 12.5 Å². The lowest BCUT2D eigenvalue weighted by Crippen LogP contribution is -2.03. The van der Waals surface area contributed by atoms with E-state index in [0.29, 0.717) is 0 Å².